The average molecular weight is 385 g/mol. The van der Waals surface area contributed by atoms with Crippen molar-refractivity contribution in [2.24, 2.45) is 0 Å². The highest BCUT2D eigenvalue weighted by Gasteiger charge is 2.30. The van der Waals surface area contributed by atoms with Crippen molar-refractivity contribution in [2.45, 2.75) is 19.9 Å². The van der Waals surface area contributed by atoms with E-state index in [0.717, 1.165) is 5.69 Å². The Morgan fingerprint density at radius 3 is 2.42 bits per heavy atom. The summed E-state index contributed by atoms with van der Waals surface area (Å²) in [6.07, 6.45) is -0.393. The van der Waals surface area contributed by atoms with Gasteiger partial charge in [0.05, 0.1) is 6.61 Å². The van der Waals surface area contributed by atoms with Crippen molar-refractivity contribution < 1.29 is 17.9 Å². The van der Waals surface area contributed by atoms with E-state index in [2.05, 4.69) is 4.72 Å². The molecular formula is C17H28N4O4S. The van der Waals surface area contributed by atoms with Gasteiger partial charge in [0.1, 0.15) is 0 Å². The van der Waals surface area contributed by atoms with Gasteiger partial charge in [-0.25, -0.2) is 4.79 Å². The number of ether oxygens (including phenoxy) is 1. The highest BCUT2D eigenvalue weighted by atomic mass is 32.2. The number of carbonyl (C=O) groups excluding carboxylic acids is 1. The van der Waals surface area contributed by atoms with E-state index in [1.807, 2.05) is 49.2 Å². The average Bonchev–Trinajstić information content (AvgIpc) is 2.62. The first kappa shape index (κ1) is 20.5. The third-order valence-corrected chi connectivity index (χ3v) is 5.94. The molecule has 2 rings (SSSR count). The Labute approximate surface area is 155 Å². The molecule has 1 amide bonds. The zero-order chi connectivity index (χ0) is 19.2. The van der Waals surface area contributed by atoms with Crippen LogP contribution >= 0.6 is 0 Å². The Morgan fingerprint density at radius 2 is 1.85 bits per heavy atom. The highest BCUT2D eigenvalue weighted by molar-refractivity contribution is 7.87. The summed E-state index contributed by atoms with van der Waals surface area (Å²) in [5.41, 5.74) is 1.03. The molecule has 9 heteroatoms. The van der Waals surface area contributed by atoms with Crippen LogP contribution in [0.5, 0.6) is 0 Å². The zero-order valence-corrected chi connectivity index (χ0v) is 16.4. The number of hydrogen-bond donors (Lipinski definition) is 1. The molecular weight excluding hydrogens is 356 g/mol. The Kier molecular flexibility index (Phi) is 7.24. The second kappa shape index (κ2) is 9.20. The predicted molar refractivity (Wildman–Crippen MR) is 101 cm³/mol. The molecule has 0 radical (unpaired) electrons. The number of anilines is 1. The summed E-state index contributed by atoms with van der Waals surface area (Å²) < 4.78 is 34.2. The van der Waals surface area contributed by atoms with E-state index in [9.17, 15) is 13.2 Å². The molecule has 0 aromatic heterocycles. The molecule has 0 saturated carbocycles. The van der Waals surface area contributed by atoms with Gasteiger partial charge in [0.25, 0.3) is 10.2 Å². The maximum atomic E-state index is 12.6. The Balaban J connectivity index is 1.85. The molecule has 1 aliphatic heterocycles. The third-order valence-electron chi connectivity index (χ3n) is 4.20. The van der Waals surface area contributed by atoms with Crippen molar-refractivity contribution in [2.75, 3.05) is 51.3 Å². The Morgan fingerprint density at radius 1 is 1.23 bits per heavy atom. The van der Waals surface area contributed by atoms with Crippen LogP contribution in [0.3, 0.4) is 0 Å². The van der Waals surface area contributed by atoms with Crippen LogP contribution in [0.1, 0.15) is 13.8 Å². The molecule has 146 valence electrons. The topological polar surface area (TPSA) is 82.2 Å². The molecule has 26 heavy (non-hydrogen) atoms. The first-order chi connectivity index (χ1) is 12.3. The Bertz CT molecular complexity index is 675. The number of rotatable bonds is 7. The van der Waals surface area contributed by atoms with Crippen molar-refractivity contribution in [1.82, 2.24) is 13.9 Å². The van der Waals surface area contributed by atoms with Gasteiger partial charge in [0.2, 0.25) is 0 Å². The van der Waals surface area contributed by atoms with Crippen LogP contribution in [0.4, 0.5) is 10.5 Å². The lowest BCUT2D eigenvalue weighted by Crippen LogP contribution is -2.55. The number of nitrogens with one attached hydrogen (secondary N) is 1. The summed E-state index contributed by atoms with van der Waals surface area (Å²) in [6.45, 7) is 5.63. The highest BCUT2D eigenvalue weighted by Crippen LogP contribution is 2.12. The SMILES string of the molecule is CCOC(=O)N1CCN(S(=O)(=O)NC(C)CN(C)c2ccccc2)CC1. The number of piperazine rings is 1. The first-order valence-corrected chi connectivity index (χ1v) is 10.2. The number of nitrogens with zero attached hydrogens (tertiary/aromatic N) is 3. The summed E-state index contributed by atoms with van der Waals surface area (Å²) >= 11 is 0. The number of benzene rings is 1. The fourth-order valence-electron chi connectivity index (χ4n) is 2.89. The zero-order valence-electron chi connectivity index (χ0n) is 15.6. The quantitative estimate of drug-likeness (QED) is 0.762. The summed E-state index contributed by atoms with van der Waals surface area (Å²) in [5.74, 6) is 0. The van der Waals surface area contributed by atoms with Crippen molar-refractivity contribution in [1.29, 1.82) is 0 Å². The van der Waals surface area contributed by atoms with Gasteiger partial charge in [-0.15, -0.1) is 0 Å². The van der Waals surface area contributed by atoms with Crippen molar-refractivity contribution in [3.05, 3.63) is 30.3 Å². The van der Waals surface area contributed by atoms with Gasteiger partial charge in [0.15, 0.2) is 0 Å². The van der Waals surface area contributed by atoms with E-state index in [-0.39, 0.29) is 19.1 Å². The molecule has 0 spiro atoms. The molecule has 1 aliphatic rings. The van der Waals surface area contributed by atoms with Crippen molar-refractivity contribution in [3.8, 4) is 0 Å². The fourth-order valence-corrected chi connectivity index (χ4v) is 4.27. The summed E-state index contributed by atoms with van der Waals surface area (Å²) in [6, 6.07) is 9.55. The number of carbonyl (C=O) groups is 1. The van der Waals surface area contributed by atoms with Gasteiger partial charge >= 0.3 is 6.09 Å². The molecule has 1 aromatic carbocycles. The summed E-state index contributed by atoms with van der Waals surface area (Å²) in [4.78, 5) is 15.2. The number of amides is 1. The lowest BCUT2D eigenvalue weighted by Gasteiger charge is -2.34. The second-order valence-electron chi connectivity index (χ2n) is 6.33. The van der Waals surface area contributed by atoms with Gasteiger partial charge in [-0.1, -0.05) is 18.2 Å². The number of likely N-dealkylation sites (N-methyl/N-ethyl adjacent to an activating group) is 1. The maximum Gasteiger partial charge on any atom is 0.409 e. The lowest BCUT2D eigenvalue weighted by atomic mass is 10.2. The molecule has 1 unspecified atom stereocenters. The summed E-state index contributed by atoms with van der Waals surface area (Å²) in [7, 11) is -1.67. The predicted octanol–water partition coefficient (Wildman–Crippen LogP) is 1.12. The molecule has 1 fully saturated rings. The van der Waals surface area contributed by atoms with E-state index in [0.29, 0.717) is 26.2 Å². The van der Waals surface area contributed by atoms with E-state index in [1.165, 1.54) is 9.21 Å². The minimum absolute atomic E-state index is 0.256. The molecule has 0 aliphatic carbocycles. The minimum Gasteiger partial charge on any atom is -0.450 e. The van der Waals surface area contributed by atoms with Crippen LogP contribution in [0.25, 0.3) is 0 Å². The van der Waals surface area contributed by atoms with Crippen LogP contribution in [-0.2, 0) is 14.9 Å². The smallest absolute Gasteiger partial charge is 0.409 e. The molecule has 1 saturated heterocycles. The van der Waals surface area contributed by atoms with Crippen LogP contribution in [-0.4, -0.2) is 76.1 Å². The van der Waals surface area contributed by atoms with Crippen molar-refractivity contribution in [3.63, 3.8) is 0 Å². The standard InChI is InChI=1S/C17H28N4O4S/c1-4-25-17(22)20-10-12-21(13-11-20)26(23,24)18-15(2)14-19(3)16-8-6-5-7-9-16/h5-9,15,18H,4,10-14H2,1-3H3. The van der Waals surface area contributed by atoms with E-state index in [4.69, 9.17) is 4.74 Å². The minimum atomic E-state index is -3.59. The molecule has 1 heterocycles. The van der Waals surface area contributed by atoms with Crippen LogP contribution < -0.4 is 9.62 Å². The van der Waals surface area contributed by atoms with E-state index >= 15 is 0 Å². The van der Waals surface area contributed by atoms with Gasteiger partial charge in [-0.3, -0.25) is 0 Å². The van der Waals surface area contributed by atoms with Gasteiger partial charge < -0.3 is 14.5 Å². The number of para-hydroxylation sites is 1. The normalized spacial score (nSPS) is 17.0. The molecule has 1 atom stereocenters. The van der Waals surface area contributed by atoms with Gasteiger partial charge in [-0.05, 0) is 26.0 Å². The molecule has 0 bridgehead atoms. The van der Waals surface area contributed by atoms with Gasteiger partial charge in [-0.2, -0.15) is 17.4 Å². The van der Waals surface area contributed by atoms with Crippen LogP contribution in [0.15, 0.2) is 30.3 Å². The monoisotopic (exact) mass is 384 g/mol. The van der Waals surface area contributed by atoms with Crippen LogP contribution in [0, 0.1) is 0 Å². The number of hydrogen-bond acceptors (Lipinski definition) is 5. The maximum absolute atomic E-state index is 12.6. The fraction of sp³-hybridized carbons (Fsp3) is 0.588. The van der Waals surface area contributed by atoms with Gasteiger partial charge in [0, 0.05) is 51.5 Å². The van der Waals surface area contributed by atoms with Crippen molar-refractivity contribution >= 4 is 22.0 Å². The summed E-state index contributed by atoms with van der Waals surface area (Å²) in [5, 5.41) is 0. The molecule has 1 N–H and O–H groups in total. The largest absolute Gasteiger partial charge is 0.450 e. The second-order valence-corrected chi connectivity index (χ2v) is 8.03. The van der Waals surface area contributed by atoms with Crippen LogP contribution in [0.2, 0.25) is 0 Å². The van der Waals surface area contributed by atoms with E-state index in [1.54, 1.807) is 6.92 Å². The lowest BCUT2D eigenvalue weighted by molar-refractivity contribution is 0.0932. The first-order valence-electron chi connectivity index (χ1n) is 8.78. The Hall–Kier alpha value is -1.84. The van der Waals surface area contributed by atoms with E-state index < -0.39 is 16.3 Å². The molecule has 8 nitrogen and oxygen atoms in total. The molecule has 1 aromatic rings. The third kappa shape index (κ3) is 5.58.